The Labute approximate surface area is 199 Å². The first-order valence-electron chi connectivity index (χ1n) is 11.0. The third-order valence-corrected chi connectivity index (χ3v) is 7.39. The second-order valence-electron chi connectivity index (χ2n) is 8.46. The highest BCUT2D eigenvalue weighted by molar-refractivity contribution is 7.19. The molecule has 4 aromatic rings. The minimum Gasteiger partial charge on any atom is -0.327 e. The highest BCUT2D eigenvalue weighted by Crippen LogP contribution is 2.36. The number of hydrogen-bond donors (Lipinski definition) is 1. The molecule has 2 N–H and O–H groups in total. The Morgan fingerprint density at radius 1 is 1.24 bits per heavy atom. The van der Waals surface area contributed by atoms with Crippen LogP contribution in [0, 0.1) is 0 Å². The minimum atomic E-state index is -0.319. The number of fused-ring (bicyclic) bond motifs is 2. The van der Waals surface area contributed by atoms with Gasteiger partial charge in [-0.25, -0.2) is 13.9 Å². The molecule has 0 spiro atoms. The Kier molecular flexibility index (Phi) is 5.89. The number of carbonyl (C=O) groups is 1. The number of anilines is 1. The van der Waals surface area contributed by atoms with Crippen LogP contribution < -0.4 is 16.3 Å². The first-order chi connectivity index (χ1) is 16.5. The van der Waals surface area contributed by atoms with E-state index in [0.717, 1.165) is 31.8 Å². The SMILES string of the molecule is CN1C(=O)C(c2ccc3sc(Cn4cnn(C/C(=C/F)CN)c4=O)cc3c2)Cc2ccccc21. The van der Waals surface area contributed by atoms with Crippen molar-refractivity contribution in [3.63, 3.8) is 0 Å². The van der Waals surface area contributed by atoms with Crippen molar-refractivity contribution < 1.29 is 9.18 Å². The van der Waals surface area contributed by atoms with Crippen LogP contribution in [-0.4, -0.2) is 33.8 Å². The molecule has 34 heavy (non-hydrogen) atoms. The van der Waals surface area contributed by atoms with E-state index in [1.807, 2.05) is 43.4 Å². The summed E-state index contributed by atoms with van der Waals surface area (Å²) in [5.41, 5.74) is 8.58. The van der Waals surface area contributed by atoms with E-state index in [1.54, 1.807) is 16.2 Å². The summed E-state index contributed by atoms with van der Waals surface area (Å²) in [6.07, 6.45) is 2.55. The van der Waals surface area contributed by atoms with Gasteiger partial charge in [-0.1, -0.05) is 24.3 Å². The highest BCUT2D eigenvalue weighted by atomic mass is 32.1. The van der Waals surface area contributed by atoms with Gasteiger partial charge in [0.05, 0.1) is 25.3 Å². The Morgan fingerprint density at radius 3 is 2.85 bits per heavy atom. The Morgan fingerprint density at radius 2 is 2.06 bits per heavy atom. The zero-order chi connectivity index (χ0) is 23.8. The average Bonchev–Trinajstić information content (AvgIpc) is 3.42. The van der Waals surface area contributed by atoms with Crippen molar-refractivity contribution in [3.8, 4) is 0 Å². The molecule has 2 aromatic heterocycles. The summed E-state index contributed by atoms with van der Waals surface area (Å²) < 4.78 is 16.6. The molecule has 0 radical (unpaired) electrons. The molecule has 1 aliphatic rings. The van der Waals surface area contributed by atoms with Crippen LogP contribution in [0.2, 0.25) is 0 Å². The van der Waals surface area contributed by atoms with E-state index in [2.05, 4.69) is 17.2 Å². The molecular formula is C25H24FN5O2S. The fourth-order valence-corrected chi connectivity index (χ4v) is 5.48. The molecule has 1 atom stereocenters. The van der Waals surface area contributed by atoms with Crippen molar-refractivity contribution in [1.29, 1.82) is 0 Å². The molecule has 2 aromatic carbocycles. The number of aromatic nitrogens is 3. The van der Waals surface area contributed by atoms with Crippen LogP contribution >= 0.6 is 11.3 Å². The molecule has 1 amide bonds. The average molecular weight is 478 g/mol. The van der Waals surface area contributed by atoms with E-state index in [0.29, 0.717) is 24.9 Å². The number of para-hydroxylation sites is 1. The molecule has 0 saturated heterocycles. The molecule has 0 fully saturated rings. The molecule has 0 bridgehead atoms. The number of amides is 1. The number of rotatable bonds is 6. The fraction of sp³-hybridized carbons (Fsp3) is 0.240. The van der Waals surface area contributed by atoms with E-state index in [4.69, 9.17) is 5.73 Å². The van der Waals surface area contributed by atoms with Gasteiger partial charge in [0.1, 0.15) is 6.33 Å². The van der Waals surface area contributed by atoms with Gasteiger partial charge in [0, 0.05) is 28.9 Å². The topological polar surface area (TPSA) is 86.2 Å². The van der Waals surface area contributed by atoms with Crippen LogP contribution in [-0.2, 0) is 24.3 Å². The van der Waals surface area contributed by atoms with Gasteiger partial charge in [-0.15, -0.1) is 11.3 Å². The number of halogens is 1. The van der Waals surface area contributed by atoms with Crippen LogP contribution in [0.25, 0.3) is 10.1 Å². The van der Waals surface area contributed by atoms with E-state index in [9.17, 15) is 14.0 Å². The van der Waals surface area contributed by atoms with Crippen LogP contribution in [0.1, 0.15) is 21.9 Å². The van der Waals surface area contributed by atoms with Gasteiger partial charge in [0.15, 0.2) is 0 Å². The zero-order valence-electron chi connectivity index (χ0n) is 18.6. The maximum absolute atomic E-state index is 13.1. The maximum Gasteiger partial charge on any atom is 0.346 e. The summed E-state index contributed by atoms with van der Waals surface area (Å²) in [5, 5.41) is 5.12. The molecule has 1 unspecified atom stereocenters. The van der Waals surface area contributed by atoms with Crippen molar-refractivity contribution in [3.05, 3.63) is 93.2 Å². The lowest BCUT2D eigenvalue weighted by molar-refractivity contribution is -0.120. The number of carbonyl (C=O) groups excluding carboxylic acids is 1. The number of thiophene rings is 1. The van der Waals surface area contributed by atoms with Gasteiger partial charge < -0.3 is 10.6 Å². The number of hydrogen-bond acceptors (Lipinski definition) is 5. The predicted octanol–water partition coefficient (Wildman–Crippen LogP) is 3.42. The zero-order valence-corrected chi connectivity index (χ0v) is 19.5. The summed E-state index contributed by atoms with van der Waals surface area (Å²) in [4.78, 5) is 28.4. The van der Waals surface area contributed by atoms with Crippen molar-refractivity contribution in [2.24, 2.45) is 5.73 Å². The molecule has 7 nitrogen and oxygen atoms in total. The summed E-state index contributed by atoms with van der Waals surface area (Å²) >= 11 is 1.59. The lowest BCUT2D eigenvalue weighted by Crippen LogP contribution is -2.37. The number of benzene rings is 2. The molecule has 1 aliphatic heterocycles. The second-order valence-corrected chi connectivity index (χ2v) is 9.63. The second kappa shape index (κ2) is 9.00. The van der Waals surface area contributed by atoms with Crippen LogP contribution in [0.5, 0.6) is 0 Å². The van der Waals surface area contributed by atoms with E-state index in [1.165, 1.54) is 15.6 Å². The quantitative estimate of drug-likeness (QED) is 0.461. The van der Waals surface area contributed by atoms with E-state index in [-0.39, 0.29) is 30.6 Å². The van der Waals surface area contributed by atoms with Gasteiger partial charge >= 0.3 is 5.69 Å². The summed E-state index contributed by atoms with van der Waals surface area (Å²) in [5.74, 6) is -0.138. The van der Waals surface area contributed by atoms with Crippen molar-refractivity contribution in [2.75, 3.05) is 18.5 Å². The normalized spacial score (nSPS) is 16.3. The first kappa shape index (κ1) is 22.2. The van der Waals surface area contributed by atoms with Crippen molar-refractivity contribution >= 4 is 33.0 Å². The molecule has 174 valence electrons. The van der Waals surface area contributed by atoms with Gasteiger partial charge in [0.25, 0.3) is 0 Å². The molecular weight excluding hydrogens is 453 g/mol. The van der Waals surface area contributed by atoms with Crippen molar-refractivity contribution in [2.45, 2.75) is 25.4 Å². The summed E-state index contributed by atoms with van der Waals surface area (Å²) in [6.45, 7) is 0.421. The standard InChI is InChI=1S/C25H24FN5O2S/c1-29-22-5-3-2-4-18(22)10-21(24(29)32)17-6-7-23-19(8-17)9-20(34-23)14-30-15-28-31(25(30)33)13-16(11-26)12-27/h2-9,11,15,21H,10,12-14,27H2,1H3/b16-11+. The lowest BCUT2D eigenvalue weighted by atomic mass is 9.86. The molecule has 3 heterocycles. The summed E-state index contributed by atoms with van der Waals surface area (Å²) in [6, 6.07) is 16.2. The van der Waals surface area contributed by atoms with Gasteiger partial charge in [-0.2, -0.15) is 5.10 Å². The third-order valence-electron chi connectivity index (χ3n) is 6.29. The van der Waals surface area contributed by atoms with E-state index < -0.39 is 0 Å². The smallest absolute Gasteiger partial charge is 0.327 e. The van der Waals surface area contributed by atoms with Crippen molar-refractivity contribution in [1.82, 2.24) is 14.3 Å². The fourth-order valence-electron chi connectivity index (χ4n) is 4.43. The Balaban J connectivity index is 1.40. The lowest BCUT2D eigenvalue weighted by Gasteiger charge is -2.31. The molecule has 0 saturated carbocycles. The predicted molar refractivity (Wildman–Crippen MR) is 132 cm³/mol. The van der Waals surface area contributed by atoms with Crippen LogP contribution in [0.3, 0.4) is 0 Å². The number of likely N-dealkylation sites (N-methyl/N-ethyl adjacent to an activating group) is 1. The van der Waals surface area contributed by atoms with E-state index >= 15 is 0 Å². The first-order valence-corrected chi connectivity index (χ1v) is 11.8. The third kappa shape index (κ3) is 3.97. The monoisotopic (exact) mass is 477 g/mol. The Hall–Kier alpha value is -3.56. The van der Waals surface area contributed by atoms with Gasteiger partial charge in [-0.3, -0.25) is 9.36 Å². The largest absolute Gasteiger partial charge is 0.346 e. The minimum absolute atomic E-state index is 0.0271. The molecule has 0 aliphatic carbocycles. The number of nitrogens with zero attached hydrogens (tertiary/aromatic N) is 4. The number of nitrogens with two attached hydrogens (primary N) is 1. The van der Waals surface area contributed by atoms with Gasteiger partial charge in [0.2, 0.25) is 5.91 Å². The molecule has 5 rings (SSSR count). The highest BCUT2D eigenvalue weighted by Gasteiger charge is 2.31. The van der Waals surface area contributed by atoms with Crippen LogP contribution in [0.4, 0.5) is 10.1 Å². The molecule has 9 heteroatoms. The van der Waals surface area contributed by atoms with Crippen LogP contribution in [0.15, 0.2) is 71.6 Å². The Bertz CT molecular complexity index is 1470. The summed E-state index contributed by atoms with van der Waals surface area (Å²) in [7, 11) is 1.83. The van der Waals surface area contributed by atoms with Gasteiger partial charge in [-0.05, 0) is 52.8 Å². The maximum atomic E-state index is 13.1.